The van der Waals surface area contributed by atoms with E-state index in [1.807, 2.05) is 0 Å². The summed E-state index contributed by atoms with van der Waals surface area (Å²) in [5, 5.41) is 4.18. The van der Waals surface area contributed by atoms with E-state index in [9.17, 15) is 13.6 Å². The van der Waals surface area contributed by atoms with E-state index in [2.05, 4.69) is 21.0 Å². The molecular weight excluding hydrogens is 330 g/mol. The first-order chi connectivity index (χ1) is 9.31. The van der Waals surface area contributed by atoms with Crippen LogP contribution in [0.5, 0.6) is 0 Å². The molecular formula is C14H13BrF2N2O. The Bertz CT molecular complexity index is 695. The number of carbonyl (C=O) groups excluding carboxylic acids is 1. The lowest BCUT2D eigenvalue weighted by Gasteiger charge is -2.06. The van der Waals surface area contributed by atoms with Gasteiger partial charge in [0.15, 0.2) is 5.78 Å². The van der Waals surface area contributed by atoms with Crippen LogP contribution in [-0.2, 0) is 13.5 Å². The van der Waals surface area contributed by atoms with E-state index in [1.165, 1.54) is 13.0 Å². The van der Waals surface area contributed by atoms with E-state index in [-0.39, 0.29) is 17.5 Å². The first-order valence-corrected chi connectivity index (χ1v) is 6.77. The van der Waals surface area contributed by atoms with Crippen molar-refractivity contribution >= 4 is 21.7 Å². The van der Waals surface area contributed by atoms with Gasteiger partial charge in [-0.15, -0.1) is 0 Å². The minimum absolute atomic E-state index is 0.0000836. The summed E-state index contributed by atoms with van der Waals surface area (Å²) in [7, 11) is 1.71. The number of ketones is 1. The van der Waals surface area contributed by atoms with Gasteiger partial charge in [-0.25, -0.2) is 8.78 Å². The molecule has 0 spiro atoms. The molecule has 2 aromatic rings. The molecule has 6 heteroatoms. The van der Waals surface area contributed by atoms with E-state index in [4.69, 9.17) is 0 Å². The van der Waals surface area contributed by atoms with Crippen molar-refractivity contribution in [2.24, 2.45) is 7.05 Å². The molecule has 0 amide bonds. The first kappa shape index (κ1) is 14.8. The Morgan fingerprint density at radius 2 is 1.95 bits per heavy atom. The van der Waals surface area contributed by atoms with Crippen molar-refractivity contribution in [2.45, 2.75) is 20.3 Å². The average molecular weight is 343 g/mol. The number of aryl methyl sites for hydroxylation is 3. The van der Waals surface area contributed by atoms with Crippen LogP contribution in [0.2, 0.25) is 0 Å². The Kier molecular flexibility index (Phi) is 4.04. The molecule has 0 saturated carbocycles. The summed E-state index contributed by atoms with van der Waals surface area (Å²) in [5.41, 5.74) is 1.56. The van der Waals surface area contributed by atoms with Crippen LogP contribution in [0.15, 0.2) is 16.6 Å². The third-order valence-electron chi connectivity index (χ3n) is 3.14. The lowest BCUT2D eigenvalue weighted by Crippen LogP contribution is -2.11. The molecule has 1 heterocycles. The zero-order chi connectivity index (χ0) is 15.0. The highest BCUT2D eigenvalue weighted by Crippen LogP contribution is 2.23. The lowest BCUT2D eigenvalue weighted by molar-refractivity contribution is 0.0986. The van der Waals surface area contributed by atoms with Crippen LogP contribution in [0.1, 0.15) is 27.3 Å². The molecule has 0 unspecified atom stereocenters. The standard InChI is InChI=1S/C14H13BrF2N2O/c1-7-4-9(11(17)5-10(7)16)13(20)6-12-14(15)8(2)18-19(12)3/h4-5H,6H2,1-3H3. The van der Waals surface area contributed by atoms with Crippen LogP contribution in [-0.4, -0.2) is 15.6 Å². The topological polar surface area (TPSA) is 34.9 Å². The monoisotopic (exact) mass is 342 g/mol. The van der Waals surface area contributed by atoms with Crippen molar-refractivity contribution in [1.29, 1.82) is 0 Å². The number of benzene rings is 1. The molecule has 1 aromatic heterocycles. The highest BCUT2D eigenvalue weighted by Gasteiger charge is 2.19. The Labute approximate surface area is 123 Å². The van der Waals surface area contributed by atoms with Crippen LogP contribution >= 0.6 is 15.9 Å². The molecule has 0 N–H and O–H groups in total. The molecule has 0 atom stereocenters. The fourth-order valence-corrected chi connectivity index (χ4v) is 2.47. The maximum absolute atomic E-state index is 13.7. The Morgan fingerprint density at radius 3 is 2.50 bits per heavy atom. The smallest absolute Gasteiger partial charge is 0.171 e. The van der Waals surface area contributed by atoms with Gasteiger partial charge in [0.05, 0.1) is 27.8 Å². The van der Waals surface area contributed by atoms with Crippen LogP contribution in [0, 0.1) is 25.5 Å². The number of carbonyl (C=O) groups is 1. The molecule has 0 saturated heterocycles. The van der Waals surface area contributed by atoms with Gasteiger partial charge >= 0.3 is 0 Å². The second kappa shape index (κ2) is 5.44. The Hall–Kier alpha value is -1.56. The predicted octanol–water partition coefficient (Wildman–Crippen LogP) is 3.50. The molecule has 0 bridgehead atoms. The number of aromatic nitrogens is 2. The Morgan fingerprint density at radius 1 is 1.30 bits per heavy atom. The molecule has 1 aromatic carbocycles. The maximum atomic E-state index is 13.7. The van der Waals surface area contributed by atoms with E-state index in [0.29, 0.717) is 5.69 Å². The second-order valence-corrected chi connectivity index (χ2v) is 5.44. The average Bonchev–Trinajstić information content (AvgIpc) is 2.60. The fraction of sp³-hybridized carbons (Fsp3) is 0.286. The molecule has 0 aliphatic carbocycles. The van der Waals surface area contributed by atoms with Gasteiger partial charge in [0.2, 0.25) is 0 Å². The number of halogens is 3. The lowest BCUT2D eigenvalue weighted by atomic mass is 10.0. The summed E-state index contributed by atoms with van der Waals surface area (Å²) < 4.78 is 29.2. The van der Waals surface area contributed by atoms with Gasteiger partial charge in [-0.3, -0.25) is 9.48 Å². The minimum atomic E-state index is -0.840. The summed E-state index contributed by atoms with van der Waals surface area (Å²) >= 11 is 3.36. The molecule has 106 valence electrons. The van der Waals surface area contributed by atoms with E-state index in [1.54, 1.807) is 18.7 Å². The maximum Gasteiger partial charge on any atom is 0.171 e. The van der Waals surface area contributed by atoms with Crippen LogP contribution in [0.4, 0.5) is 8.78 Å². The highest BCUT2D eigenvalue weighted by atomic mass is 79.9. The molecule has 0 fully saturated rings. The highest BCUT2D eigenvalue weighted by molar-refractivity contribution is 9.10. The summed E-state index contributed by atoms with van der Waals surface area (Å²) in [5.74, 6) is -1.90. The zero-order valence-electron chi connectivity index (χ0n) is 11.3. The second-order valence-electron chi connectivity index (χ2n) is 4.65. The van der Waals surface area contributed by atoms with E-state index in [0.717, 1.165) is 16.2 Å². The van der Waals surface area contributed by atoms with Crippen molar-refractivity contribution < 1.29 is 13.6 Å². The SMILES string of the molecule is Cc1cc(C(=O)Cc2c(Br)c(C)nn2C)c(F)cc1F. The Balaban J connectivity index is 2.36. The molecule has 2 rings (SSSR count). The number of hydrogen-bond acceptors (Lipinski definition) is 2. The van der Waals surface area contributed by atoms with Crippen LogP contribution < -0.4 is 0 Å². The summed E-state index contributed by atoms with van der Waals surface area (Å²) in [4.78, 5) is 12.2. The van der Waals surface area contributed by atoms with Gasteiger partial charge in [0.25, 0.3) is 0 Å². The molecule has 0 aliphatic rings. The van der Waals surface area contributed by atoms with Crippen molar-refractivity contribution in [2.75, 3.05) is 0 Å². The number of rotatable bonds is 3. The van der Waals surface area contributed by atoms with Gasteiger partial charge in [-0.2, -0.15) is 5.10 Å². The van der Waals surface area contributed by atoms with Gasteiger partial charge in [-0.05, 0) is 41.4 Å². The van der Waals surface area contributed by atoms with Crippen molar-refractivity contribution in [3.63, 3.8) is 0 Å². The molecule has 3 nitrogen and oxygen atoms in total. The predicted molar refractivity (Wildman–Crippen MR) is 74.8 cm³/mol. The largest absolute Gasteiger partial charge is 0.294 e. The first-order valence-electron chi connectivity index (χ1n) is 5.98. The van der Waals surface area contributed by atoms with E-state index < -0.39 is 17.4 Å². The number of Topliss-reactive ketones (excluding diaryl/α,β-unsaturated/α-hetero) is 1. The quantitative estimate of drug-likeness (QED) is 0.800. The normalized spacial score (nSPS) is 10.9. The molecule has 0 radical (unpaired) electrons. The van der Waals surface area contributed by atoms with Gasteiger partial charge in [-0.1, -0.05) is 0 Å². The minimum Gasteiger partial charge on any atom is -0.294 e. The van der Waals surface area contributed by atoms with Crippen molar-refractivity contribution in [3.05, 3.63) is 50.8 Å². The summed E-state index contributed by atoms with van der Waals surface area (Å²) in [6.45, 7) is 3.30. The van der Waals surface area contributed by atoms with Crippen LogP contribution in [0.3, 0.4) is 0 Å². The van der Waals surface area contributed by atoms with Crippen molar-refractivity contribution in [3.8, 4) is 0 Å². The van der Waals surface area contributed by atoms with Gasteiger partial charge < -0.3 is 0 Å². The summed E-state index contributed by atoms with van der Waals surface area (Å²) in [6.07, 6.45) is -0.0000836. The van der Waals surface area contributed by atoms with Gasteiger partial charge in [0.1, 0.15) is 11.6 Å². The van der Waals surface area contributed by atoms with Crippen LogP contribution in [0.25, 0.3) is 0 Å². The van der Waals surface area contributed by atoms with Gasteiger partial charge in [0, 0.05) is 13.1 Å². The molecule has 20 heavy (non-hydrogen) atoms. The number of nitrogens with zero attached hydrogens (tertiary/aromatic N) is 2. The zero-order valence-corrected chi connectivity index (χ0v) is 12.9. The fourth-order valence-electron chi connectivity index (χ4n) is 1.99. The van der Waals surface area contributed by atoms with E-state index >= 15 is 0 Å². The third kappa shape index (κ3) is 2.65. The number of hydrogen-bond donors (Lipinski definition) is 0. The van der Waals surface area contributed by atoms with Crippen molar-refractivity contribution in [1.82, 2.24) is 9.78 Å². The summed E-state index contributed by atoms with van der Waals surface area (Å²) in [6, 6.07) is 1.98. The third-order valence-corrected chi connectivity index (χ3v) is 4.17. The molecule has 0 aliphatic heterocycles.